The van der Waals surface area contributed by atoms with Gasteiger partial charge in [-0.2, -0.15) is 0 Å². The fourth-order valence-electron chi connectivity index (χ4n) is 2.80. The molecule has 2 heteroatoms. The summed E-state index contributed by atoms with van der Waals surface area (Å²) in [4.78, 5) is 2.69. The van der Waals surface area contributed by atoms with Crippen molar-refractivity contribution in [2.45, 2.75) is 37.6 Å². The van der Waals surface area contributed by atoms with Gasteiger partial charge in [0.25, 0.3) is 0 Å². The van der Waals surface area contributed by atoms with Crippen LogP contribution in [0.2, 0.25) is 0 Å². The molecule has 1 nitrogen and oxygen atoms in total. The van der Waals surface area contributed by atoms with E-state index >= 15 is 0 Å². The third kappa shape index (κ3) is 2.33. The Bertz CT molecular complexity index is 365. The average Bonchev–Trinajstić information content (AvgIpc) is 3.13. The predicted octanol–water partition coefficient (Wildman–Crippen LogP) is 3.79. The summed E-state index contributed by atoms with van der Waals surface area (Å²) < 4.78 is 1.22. The first-order valence-electron chi connectivity index (χ1n) is 6.32. The summed E-state index contributed by atoms with van der Waals surface area (Å²) in [5.41, 5.74) is 1.52. The highest BCUT2D eigenvalue weighted by Crippen LogP contribution is 2.34. The van der Waals surface area contributed by atoms with E-state index in [4.69, 9.17) is 0 Å². The van der Waals surface area contributed by atoms with Crippen LogP contribution in [0, 0.1) is 0 Å². The highest BCUT2D eigenvalue weighted by molar-refractivity contribution is 9.10. The number of benzene rings is 1. The van der Waals surface area contributed by atoms with Gasteiger partial charge in [0.1, 0.15) is 0 Å². The fraction of sp³-hybridized carbons (Fsp3) is 0.571. The molecule has 2 aliphatic rings. The lowest BCUT2D eigenvalue weighted by molar-refractivity contribution is 0.203. The van der Waals surface area contributed by atoms with Crippen LogP contribution < -0.4 is 0 Å². The molecule has 0 bridgehead atoms. The lowest BCUT2D eigenvalue weighted by Gasteiger charge is -2.32. The Labute approximate surface area is 106 Å². The molecule has 16 heavy (non-hydrogen) atoms. The first kappa shape index (κ1) is 10.8. The van der Waals surface area contributed by atoms with Crippen LogP contribution >= 0.6 is 15.9 Å². The lowest BCUT2D eigenvalue weighted by Crippen LogP contribution is -2.34. The highest BCUT2D eigenvalue weighted by Gasteiger charge is 2.31. The van der Waals surface area contributed by atoms with Crippen LogP contribution in [0.3, 0.4) is 0 Å². The van der Waals surface area contributed by atoms with E-state index in [1.807, 2.05) is 0 Å². The van der Waals surface area contributed by atoms with E-state index < -0.39 is 0 Å². The van der Waals surface area contributed by atoms with Crippen molar-refractivity contribution in [3.63, 3.8) is 0 Å². The molecule has 1 heterocycles. The van der Waals surface area contributed by atoms with Crippen molar-refractivity contribution in [2.24, 2.45) is 0 Å². The fourth-order valence-corrected chi connectivity index (χ4v) is 3.22. The van der Waals surface area contributed by atoms with E-state index in [9.17, 15) is 0 Å². The Kier molecular flexibility index (Phi) is 3.03. The molecule has 1 saturated carbocycles. The lowest BCUT2D eigenvalue weighted by atomic mass is 9.89. The molecule has 0 unspecified atom stereocenters. The highest BCUT2D eigenvalue weighted by atomic mass is 79.9. The van der Waals surface area contributed by atoms with Gasteiger partial charge in [0.2, 0.25) is 0 Å². The molecule has 0 radical (unpaired) electrons. The summed E-state index contributed by atoms with van der Waals surface area (Å²) in [7, 11) is 0. The number of piperidine rings is 1. The molecular formula is C14H18BrN. The van der Waals surface area contributed by atoms with Crippen molar-refractivity contribution >= 4 is 15.9 Å². The van der Waals surface area contributed by atoms with Crippen LogP contribution in [0.4, 0.5) is 0 Å². The Morgan fingerprint density at radius 1 is 1.06 bits per heavy atom. The molecule has 1 aromatic rings. The third-order valence-electron chi connectivity index (χ3n) is 3.91. The van der Waals surface area contributed by atoms with Crippen LogP contribution in [0.15, 0.2) is 28.7 Å². The van der Waals surface area contributed by atoms with E-state index in [2.05, 4.69) is 45.1 Å². The van der Waals surface area contributed by atoms with Crippen LogP contribution in [-0.2, 0) is 0 Å². The maximum atomic E-state index is 3.56. The number of hydrogen-bond donors (Lipinski definition) is 0. The summed E-state index contributed by atoms with van der Waals surface area (Å²) in [6, 6.07) is 9.79. The van der Waals surface area contributed by atoms with Crippen molar-refractivity contribution in [1.29, 1.82) is 0 Å². The molecule has 3 rings (SSSR count). The van der Waals surface area contributed by atoms with Crippen LogP contribution in [0.25, 0.3) is 0 Å². The molecule has 1 aliphatic heterocycles. The molecule has 1 aliphatic carbocycles. The van der Waals surface area contributed by atoms with E-state index in [0.29, 0.717) is 0 Å². The van der Waals surface area contributed by atoms with E-state index in [0.717, 1.165) is 12.0 Å². The minimum atomic E-state index is 0.785. The SMILES string of the molecule is Brc1cccc(C2CCN(C3CC3)CC2)c1. The third-order valence-corrected chi connectivity index (χ3v) is 4.41. The minimum absolute atomic E-state index is 0.785. The van der Waals surface area contributed by atoms with Gasteiger partial charge in [-0.15, -0.1) is 0 Å². The summed E-state index contributed by atoms with van der Waals surface area (Å²) >= 11 is 3.56. The largest absolute Gasteiger partial charge is 0.300 e. The van der Waals surface area contributed by atoms with Gasteiger partial charge in [-0.3, -0.25) is 0 Å². The van der Waals surface area contributed by atoms with Crippen molar-refractivity contribution in [3.05, 3.63) is 34.3 Å². The van der Waals surface area contributed by atoms with Crippen LogP contribution in [0.5, 0.6) is 0 Å². The van der Waals surface area contributed by atoms with Gasteiger partial charge in [-0.25, -0.2) is 0 Å². The molecule has 86 valence electrons. The number of nitrogens with zero attached hydrogens (tertiary/aromatic N) is 1. The van der Waals surface area contributed by atoms with Crippen LogP contribution in [0.1, 0.15) is 37.2 Å². The van der Waals surface area contributed by atoms with Gasteiger partial charge in [-0.1, -0.05) is 28.1 Å². The van der Waals surface area contributed by atoms with Gasteiger partial charge in [0.15, 0.2) is 0 Å². The number of rotatable bonds is 2. The number of halogens is 1. The second-order valence-corrected chi connectivity index (χ2v) is 6.01. The second kappa shape index (κ2) is 4.50. The monoisotopic (exact) mass is 279 g/mol. The van der Waals surface area contributed by atoms with Crippen molar-refractivity contribution < 1.29 is 0 Å². The Morgan fingerprint density at radius 2 is 1.81 bits per heavy atom. The first-order valence-corrected chi connectivity index (χ1v) is 7.12. The first-order chi connectivity index (χ1) is 7.83. The van der Waals surface area contributed by atoms with Crippen molar-refractivity contribution in [2.75, 3.05) is 13.1 Å². The van der Waals surface area contributed by atoms with Gasteiger partial charge >= 0.3 is 0 Å². The summed E-state index contributed by atoms with van der Waals surface area (Å²) in [6.07, 6.45) is 5.57. The zero-order chi connectivity index (χ0) is 11.0. The molecular weight excluding hydrogens is 262 g/mol. The van der Waals surface area contributed by atoms with Gasteiger partial charge in [-0.05, 0) is 62.4 Å². The summed E-state index contributed by atoms with van der Waals surface area (Å²) in [5.74, 6) is 0.785. The quantitative estimate of drug-likeness (QED) is 0.796. The maximum Gasteiger partial charge on any atom is 0.0178 e. The summed E-state index contributed by atoms with van der Waals surface area (Å²) in [6.45, 7) is 2.61. The zero-order valence-corrected chi connectivity index (χ0v) is 11.1. The minimum Gasteiger partial charge on any atom is -0.300 e. The number of likely N-dealkylation sites (tertiary alicyclic amines) is 1. The summed E-state index contributed by atoms with van der Waals surface area (Å²) in [5, 5.41) is 0. The molecule has 1 aromatic carbocycles. The molecule has 0 atom stereocenters. The van der Waals surface area contributed by atoms with Gasteiger partial charge in [0, 0.05) is 10.5 Å². The van der Waals surface area contributed by atoms with E-state index in [-0.39, 0.29) is 0 Å². The Hall–Kier alpha value is -0.340. The van der Waals surface area contributed by atoms with E-state index in [1.54, 1.807) is 0 Å². The zero-order valence-electron chi connectivity index (χ0n) is 9.53. The standard InChI is InChI=1S/C14H18BrN/c15-13-3-1-2-12(10-13)11-6-8-16(9-7-11)14-4-5-14/h1-3,10-11,14H,4-9H2. The Morgan fingerprint density at radius 3 is 2.44 bits per heavy atom. The Balaban J connectivity index is 1.64. The van der Waals surface area contributed by atoms with E-state index in [1.165, 1.54) is 48.8 Å². The smallest absolute Gasteiger partial charge is 0.0178 e. The van der Waals surface area contributed by atoms with Gasteiger partial charge in [0.05, 0.1) is 0 Å². The predicted molar refractivity (Wildman–Crippen MR) is 70.7 cm³/mol. The normalized spacial score (nSPS) is 23.6. The molecule has 0 amide bonds. The van der Waals surface area contributed by atoms with Crippen molar-refractivity contribution in [3.8, 4) is 0 Å². The molecule has 0 spiro atoms. The second-order valence-electron chi connectivity index (χ2n) is 5.10. The maximum absolute atomic E-state index is 3.56. The average molecular weight is 280 g/mol. The molecule has 0 N–H and O–H groups in total. The number of hydrogen-bond acceptors (Lipinski definition) is 1. The van der Waals surface area contributed by atoms with Crippen molar-refractivity contribution in [1.82, 2.24) is 4.90 Å². The molecule has 1 saturated heterocycles. The van der Waals surface area contributed by atoms with Crippen LogP contribution in [-0.4, -0.2) is 24.0 Å². The molecule has 0 aromatic heterocycles. The van der Waals surface area contributed by atoms with Gasteiger partial charge < -0.3 is 4.90 Å². The molecule has 2 fully saturated rings. The topological polar surface area (TPSA) is 3.24 Å².